The summed E-state index contributed by atoms with van der Waals surface area (Å²) in [6.07, 6.45) is 9.92. The summed E-state index contributed by atoms with van der Waals surface area (Å²) < 4.78 is 4.07. The maximum absolute atomic E-state index is 4.34. The van der Waals surface area contributed by atoms with E-state index in [1.807, 2.05) is 24.1 Å². The molecule has 0 amide bonds. The molecule has 104 valence electrons. The van der Waals surface area contributed by atoms with E-state index in [0.29, 0.717) is 6.04 Å². The highest BCUT2D eigenvalue weighted by molar-refractivity contribution is 5.03. The number of hydrogen-bond acceptors (Lipinski definition) is 3. The van der Waals surface area contributed by atoms with Crippen LogP contribution in [0.1, 0.15) is 25.2 Å². The van der Waals surface area contributed by atoms with Crippen molar-refractivity contribution in [1.82, 2.24) is 24.6 Å². The molecule has 0 saturated heterocycles. The second-order valence-corrected chi connectivity index (χ2v) is 4.98. The van der Waals surface area contributed by atoms with Crippen molar-refractivity contribution in [3.63, 3.8) is 0 Å². The van der Waals surface area contributed by atoms with Crippen molar-refractivity contribution in [2.24, 2.45) is 7.05 Å². The predicted octanol–water partition coefficient (Wildman–Crippen LogP) is 1.40. The van der Waals surface area contributed by atoms with E-state index in [4.69, 9.17) is 0 Å². The van der Waals surface area contributed by atoms with Gasteiger partial charge >= 0.3 is 0 Å². The number of rotatable bonds is 7. The lowest BCUT2D eigenvalue weighted by Gasteiger charge is -2.15. The minimum Gasteiger partial charge on any atom is -0.333 e. The normalized spacial score (nSPS) is 12.8. The summed E-state index contributed by atoms with van der Waals surface area (Å²) in [5, 5.41) is 7.72. The van der Waals surface area contributed by atoms with Crippen LogP contribution < -0.4 is 5.32 Å². The number of aromatic nitrogens is 4. The van der Waals surface area contributed by atoms with E-state index in [-0.39, 0.29) is 0 Å². The van der Waals surface area contributed by atoms with E-state index in [2.05, 4.69) is 46.2 Å². The molecular formula is C14H23N5. The van der Waals surface area contributed by atoms with Crippen molar-refractivity contribution in [2.45, 2.75) is 39.3 Å². The lowest BCUT2D eigenvalue weighted by molar-refractivity contribution is 0.471. The molecule has 1 atom stereocenters. The maximum atomic E-state index is 4.34. The Morgan fingerprint density at radius 1 is 1.42 bits per heavy atom. The summed E-state index contributed by atoms with van der Waals surface area (Å²) in [7, 11) is 1.95. The van der Waals surface area contributed by atoms with Gasteiger partial charge in [0.05, 0.1) is 6.20 Å². The molecule has 1 unspecified atom stereocenters. The van der Waals surface area contributed by atoms with Crippen LogP contribution in [0.2, 0.25) is 0 Å². The van der Waals surface area contributed by atoms with E-state index >= 15 is 0 Å². The first-order valence-electron chi connectivity index (χ1n) is 6.90. The van der Waals surface area contributed by atoms with Gasteiger partial charge in [0.25, 0.3) is 0 Å². The molecule has 0 bridgehead atoms. The van der Waals surface area contributed by atoms with Gasteiger partial charge in [-0.15, -0.1) is 0 Å². The molecule has 0 aromatic carbocycles. The summed E-state index contributed by atoms with van der Waals surface area (Å²) in [6.45, 7) is 6.29. The largest absolute Gasteiger partial charge is 0.333 e. The molecule has 0 radical (unpaired) electrons. The molecule has 2 heterocycles. The smallest absolute Gasteiger partial charge is 0.108 e. The zero-order chi connectivity index (χ0) is 13.7. The van der Waals surface area contributed by atoms with Gasteiger partial charge in [0.1, 0.15) is 5.82 Å². The van der Waals surface area contributed by atoms with Gasteiger partial charge in [-0.3, -0.25) is 4.68 Å². The number of hydrogen-bond donors (Lipinski definition) is 1. The average molecular weight is 261 g/mol. The fourth-order valence-corrected chi connectivity index (χ4v) is 2.24. The molecule has 0 spiro atoms. The summed E-state index contributed by atoms with van der Waals surface area (Å²) >= 11 is 0. The minimum atomic E-state index is 0.441. The van der Waals surface area contributed by atoms with Crippen LogP contribution in [-0.4, -0.2) is 31.9 Å². The third-order valence-electron chi connectivity index (χ3n) is 3.25. The topological polar surface area (TPSA) is 47.7 Å². The lowest BCUT2D eigenvalue weighted by Crippen LogP contribution is -2.32. The van der Waals surface area contributed by atoms with Gasteiger partial charge in [-0.2, -0.15) is 5.10 Å². The van der Waals surface area contributed by atoms with Gasteiger partial charge in [0.15, 0.2) is 0 Å². The highest BCUT2D eigenvalue weighted by Gasteiger charge is 2.06. The molecule has 0 aliphatic rings. The second kappa shape index (κ2) is 6.52. The van der Waals surface area contributed by atoms with Crippen LogP contribution in [0.4, 0.5) is 0 Å². The first-order valence-corrected chi connectivity index (χ1v) is 6.90. The van der Waals surface area contributed by atoms with Crippen molar-refractivity contribution in [2.75, 3.05) is 6.54 Å². The van der Waals surface area contributed by atoms with Crippen LogP contribution in [0.25, 0.3) is 0 Å². The molecule has 2 aromatic heterocycles. The Balaban J connectivity index is 1.74. The lowest BCUT2D eigenvalue weighted by atomic mass is 10.2. The van der Waals surface area contributed by atoms with Gasteiger partial charge in [-0.05, 0) is 25.5 Å². The fraction of sp³-hybridized carbons (Fsp3) is 0.571. The summed E-state index contributed by atoms with van der Waals surface area (Å²) in [6, 6.07) is 0.441. The fourth-order valence-electron chi connectivity index (χ4n) is 2.24. The highest BCUT2D eigenvalue weighted by atomic mass is 15.2. The Labute approximate surface area is 114 Å². The van der Waals surface area contributed by atoms with Gasteiger partial charge in [-0.1, -0.05) is 6.92 Å². The van der Waals surface area contributed by atoms with Crippen LogP contribution in [0.5, 0.6) is 0 Å². The molecule has 0 fully saturated rings. The zero-order valence-electron chi connectivity index (χ0n) is 12.0. The molecule has 2 aromatic rings. The van der Waals surface area contributed by atoms with Gasteiger partial charge in [-0.25, -0.2) is 4.98 Å². The molecule has 5 heteroatoms. The molecule has 2 rings (SSSR count). The monoisotopic (exact) mass is 261 g/mol. The molecule has 1 N–H and O–H groups in total. The van der Waals surface area contributed by atoms with Crippen LogP contribution in [0.3, 0.4) is 0 Å². The molecular weight excluding hydrogens is 238 g/mol. The van der Waals surface area contributed by atoms with E-state index in [0.717, 1.165) is 31.8 Å². The van der Waals surface area contributed by atoms with Crippen molar-refractivity contribution in [1.29, 1.82) is 0 Å². The Bertz CT molecular complexity index is 499. The molecule has 0 aliphatic carbocycles. The Kier molecular flexibility index (Phi) is 4.74. The number of aryl methyl sites for hydroxylation is 2. The maximum Gasteiger partial charge on any atom is 0.108 e. The zero-order valence-corrected chi connectivity index (χ0v) is 12.0. The Hall–Kier alpha value is -1.62. The Morgan fingerprint density at radius 2 is 2.26 bits per heavy atom. The minimum absolute atomic E-state index is 0.441. The van der Waals surface area contributed by atoms with Crippen molar-refractivity contribution < 1.29 is 0 Å². The number of nitrogens with zero attached hydrogens (tertiary/aromatic N) is 4. The van der Waals surface area contributed by atoms with Gasteiger partial charge in [0, 0.05) is 44.6 Å². The van der Waals surface area contributed by atoms with Crippen LogP contribution in [0.15, 0.2) is 24.8 Å². The predicted molar refractivity (Wildman–Crippen MR) is 76.0 cm³/mol. The molecule has 0 saturated carbocycles. The van der Waals surface area contributed by atoms with E-state index in [1.54, 1.807) is 0 Å². The quantitative estimate of drug-likeness (QED) is 0.819. The number of imidazole rings is 1. The third kappa shape index (κ3) is 3.92. The Morgan fingerprint density at radius 3 is 2.95 bits per heavy atom. The summed E-state index contributed by atoms with van der Waals surface area (Å²) in [5.41, 5.74) is 1.28. The van der Waals surface area contributed by atoms with Crippen molar-refractivity contribution in [3.05, 3.63) is 36.2 Å². The first kappa shape index (κ1) is 13.8. The van der Waals surface area contributed by atoms with Crippen LogP contribution >= 0.6 is 0 Å². The summed E-state index contributed by atoms with van der Waals surface area (Å²) in [5.74, 6) is 1.15. The second-order valence-electron chi connectivity index (χ2n) is 4.98. The van der Waals surface area contributed by atoms with Gasteiger partial charge in [0.2, 0.25) is 0 Å². The van der Waals surface area contributed by atoms with Crippen LogP contribution in [0, 0.1) is 0 Å². The van der Waals surface area contributed by atoms with E-state index < -0.39 is 0 Å². The first-order chi connectivity index (χ1) is 9.19. The highest BCUT2D eigenvalue weighted by Crippen LogP contribution is 2.01. The number of nitrogens with one attached hydrogen (secondary N) is 1. The average Bonchev–Trinajstić information content (AvgIpc) is 2.98. The third-order valence-corrected chi connectivity index (χ3v) is 3.25. The summed E-state index contributed by atoms with van der Waals surface area (Å²) in [4.78, 5) is 4.34. The van der Waals surface area contributed by atoms with E-state index in [1.165, 1.54) is 5.56 Å². The molecule has 0 aliphatic heterocycles. The molecule has 5 nitrogen and oxygen atoms in total. The van der Waals surface area contributed by atoms with Crippen molar-refractivity contribution >= 4 is 0 Å². The van der Waals surface area contributed by atoms with Crippen LogP contribution in [-0.2, 0) is 26.4 Å². The molecule has 19 heavy (non-hydrogen) atoms. The SMILES string of the molecule is CCc1nccn1CC(C)NCCc1cnn(C)c1. The standard InChI is InChI=1S/C14H23N5/c1-4-14-16-7-8-19(14)10-12(2)15-6-5-13-9-17-18(3)11-13/h7-9,11-12,15H,4-6,10H2,1-3H3. The van der Waals surface area contributed by atoms with Gasteiger partial charge < -0.3 is 9.88 Å². The van der Waals surface area contributed by atoms with E-state index in [9.17, 15) is 0 Å². The van der Waals surface area contributed by atoms with Crippen molar-refractivity contribution in [3.8, 4) is 0 Å².